The summed E-state index contributed by atoms with van der Waals surface area (Å²) in [6.45, 7) is 2.36. The Morgan fingerprint density at radius 3 is 2.56 bits per heavy atom. The Bertz CT molecular complexity index is 751. The molecule has 6 heteroatoms. The molecule has 1 aromatic carbocycles. The van der Waals surface area contributed by atoms with Crippen molar-refractivity contribution in [3.05, 3.63) is 53.3 Å². The molecule has 132 valence electrons. The van der Waals surface area contributed by atoms with Crippen molar-refractivity contribution in [1.29, 1.82) is 0 Å². The van der Waals surface area contributed by atoms with Crippen molar-refractivity contribution in [2.45, 2.75) is 25.9 Å². The van der Waals surface area contributed by atoms with Crippen LogP contribution in [0.3, 0.4) is 0 Å². The number of H-pyrrole nitrogens is 1. The first kappa shape index (κ1) is 17.1. The summed E-state index contributed by atoms with van der Waals surface area (Å²) in [5.74, 6) is 0.266. The van der Waals surface area contributed by atoms with Gasteiger partial charge in [0.25, 0.3) is 11.8 Å². The number of aromatic amines is 1. The lowest BCUT2D eigenvalue weighted by Gasteiger charge is -2.19. The number of carbonyl (C=O) groups excluding carboxylic acids is 2. The van der Waals surface area contributed by atoms with Gasteiger partial charge in [0.15, 0.2) is 5.75 Å². The molecule has 0 unspecified atom stereocenters. The first-order chi connectivity index (χ1) is 12.1. The van der Waals surface area contributed by atoms with Crippen molar-refractivity contribution in [3.8, 4) is 5.75 Å². The number of hydrogen-bond donors (Lipinski definition) is 3. The molecule has 1 heterocycles. The van der Waals surface area contributed by atoms with Crippen LogP contribution < -0.4 is 15.4 Å². The summed E-state index contributed by atoms with van der Waals surface area (Å²) >= 11 is 0. The largest absolute Gasteiger partial charge is 0.483 e. The van der Waals surface area contributed by atoms with E-state index in [1.165, 1.54) is 0 Å². The molecule has 0 bridgehead atoms. The Kier molecular flexibility index (Phi) is 5.07. The van der Waals surface area contributed by atoms with Crippen LogP contribution in [0, 0.1) is 5.92 Å². The predicted octanol–water partition coefficient (Wildman–Crippen LogP) is 2.65. The minimum absolute atomic E-state index is 0.123. The van der Waals surface area contributed by atoms with Crippen LogP contribution in [-0.2, 0) is 0 Å². The molecule has 6 nitrogen and oxygen atoms in total. The Labute approximate surface area is 147 Å². The highest BCUT2D eigenvalue weighted by atomic mass is 16.5. The highest BCUT2D eigenvalue weighted by Gasteiger charge is 2.35. The third-order valence-corrected chi connectivity index (χ3v) is 4.25. The molecular weight excluding hydrogens is 318 g/mol. The van der Waals surface area contributed by atoms with Gasteiger partial charge >= 0.3 is 0 Å². The van der Waals surface area contributed by atoms with Gasteiger partial charge in [-0.3, -0.25) is 9.59 Å². The smallest absolute Gasteiger partial charge is 0.271 e. The summed E-state index contributed by atoms with van der Waals surface area (Å²) in [5.41, 5.74) is 1.66. The zero-order valence-electron chi connectivity index (χ0n) is 14.5. The highest BCUT2D eigenvalue weighted by molar-refractivity contribution is 5.99. The quantitative estimate of drug-likeness (QED) is 0.724. The van der Waals surface area contributed by atoms with Gasteiger partial charge in [-0.1, -0.05) is 30.3 Å². The Hall–Kier alpha value is -2.76. The van der Waals surface area contributed by atoms with Gasteiger partial charge in [-0.2, -0.15) is 0 Å². The summed E-state index contributed by atoms with van der Waals surface area (Å²) in [6.07, 6.45) is 2.08. The van der Waals surface area contributed by atoms with E-state index >= 15 is 0 Å². The Morgan fingerprint density at radius 2 is 1.96 bits per heavy atom. The Balaban J connectivity index is 1.91. The van der Waals surface area contributed by atoms with E-state index in [-0.39, 0.29) is 23.6 Å². The van der Waals surface area contributed by atoms with Crippen molar-refractivity contribution in [1.82, 2.24) is 15.6 Å². The first-order valence-corrected chi connectivity index (χ1v) is 8.59. The molecule has 2 amide bonds. The second kappa shape index (κ2) is 7.42. The monoisotopic (exact) mass is 341 g/mol. The summed E-state index contributed by atoms with van der Waals surface area (Å²) < 4.78 is 6.22. The number of aromatic nitrogens is 1. The van der Waals surface area contributed by atoms with Gasteiger partial charge in [0.05, 0.1) is 0 Å². The zero-order chi connectivity index (χ0) is 17.8. The lowest BCUT2D eigenvalue weighted by molar-refractivity contribution is 0.0949. The normalized spacial score (nSPS) is 14.6. The molecule has 3 N–H and O–H groups in total. The minimum atomic E-state index is -0.312. The molecule has 3 rings (SSSR count). The van der Waals surface area contributed by atoms with E-state index in [0.717, 1.165) is 18.4 Å². The average molecular weight is 341 g/mol. The van der Waals surface area contributed by atoms with E-state index in [9.17, 15) is 9.59 Å². The van der Waals surface area contributed by atoms with Crippen molar-refractivity contribution in [2.75, 3.05) is 13.6 Å². The fraction of sp³-hybridized carbons (Fsp3) is 0.368. The third-order valence-electron chi connectivity index (χ3n) is 4.25. The van der Waals surface area contributed by atoms with Crippen LogP contribution in [0.25, 0.3) is 0 Å². The van der Waals surface area contributed by atoms with Crippen LogP contribution in [0.15, 0.2) is 36.4 Å². The lowest BCUT2D eigenvalue weighted by Crippen LogP contribution is -2.23. The fourth-order valence-electron chi connectivity index (χ4n) is 2.82. The van der Waals surface area contributed by atoms with E-state index in [1.807, 2.05) is 37.3 Å². The second-order valence-electron chi connectivity index (χ2n) is 6.15. The number of amides is 2. The van der Waals surface area contributed by atoms with Crippen LogP contribution in [0.4, 0.5) is 0 Å². The van der Waals surface area contributed by atoms with E-state index in [0.29, 0.717) is 23.9 Å². The van der Waals surface area contributed by atoms with E-state index in [4.69, 9.17) is 4.74 Å². The molecule has 1 saturated carbocycles. The van der Waals surface area contributed by atoms with Crippen LogP contribution in [-0.4, -0.2) is 30.4 Å². The number of ether oxygens (including phenoxy) is 1. The molecule has 1 atom stereocenters. The van der Waals surface area contributed by atoms with Gasteiger partial charge in [-0.05, 0) is 25.3 Å². The van der Waals surface area contributed by atoms with Crippen LogP contribution in [0.1, 0.15) is 52.4 Å². The standard InChI is InChI=1S/C19H23N3O3/c1-3-21-18(23)14-11-15(16(22-14)19(24)20-2)25-17(13-9-10-13)12-7-5-4-6-8-12/h4-8,11,13,17,22H,3,9-10H2,1-2H3,(H,20,24)(H,21,23)/t17-/m0/s1. The van der Waals surface area contributed by atoms with Crippen molar-refractivity contribution in [3.63, 3.8) is 0 Å². The summed E-state index contributed by atoms with van der Waals surface area (Å²) in [5, 5.41) is 5.30. The van der Waals surface area contributed by atoms with Crippen molar-refractivity contribution >= 4 is 11.8 Å². The molecule has 1 fully saturated rings. The van der Waals surface area contributed by atoms with Gasteiger partial charge in [0.1, 0.15) is 17.5 Å². The molecule has 0 radical (unpaired) electrons. The van der Waals surface area contributed by atoms with Gasteiger partial charge < -0.3 is 20.4 Å². The lowest BCUT2D eigenvalue weighted by atomic mass is 10.1. The molecular formula is C19H23N3O3. The average Bonchev–Trinajstić information content (AvgIpc) is 3.39. The van der Waals surface area contributed by atoms with Crippen LogP contribution in [0.5, 0.6) is 5.75 Å². The zero-order valence-corrected chi connectivity index (χ0v) is 14.5. The number of carbonyl (C=O) groups is 2. The number of rotatable bonds is 7. The third kappa shape index (κ3) is 3.84. The molecule has 1 aliphatic carbocycles. The second-order valence-corrected chi connectivity index (χ2v) is 6.15. The minimum Gasteiger partial charge on any atom is -0.483 e. The van der Waals surface area contributed by atoms with Gasteiger partial charge in [-0.25, -0.2) is 0 Å². The number of hydrogen-bond acceptors (Lipinski definition) is 3. The topological polar surface area (TPSA) is 83.2 Å². The maximum atomic E-state index is 12.2. The van der Waals surface area contributed by atoms with Gasteiger partial charge in [-0.15, -0.1) is 0 Å². The van der Waals surface area contributed by atoms with E-state index in [2.05, 4.69) is 15.6 Å². The molecule has 0 saturated heterocycles. The SMILES string of the molecule is CCNC(=O)c1cc(O[C@@H](c2ccccc2)C2CC2)c(C(=O)NC)[nH]1. The summed E-state index contributed by atoms with van der Waals surface area (Å²) in [7, 11) is 1.55. The molecule has 25 heavy (non-hydrogen) atoms. The maximum absolute atomic E-state index is 12.2. The van der Waals surface area contributed by atoms with Gasteiger partial charge in [0, 0.05) is 25.6 Å². The van der Waals surface area contributed by atoms with Crippen LogP contribution in [0.2, 0.25) is 0 Å². The molecule has 1 aliphatic rings. The fourth-order valence-corrected chi connectivity index (χ4v) is 2.82. The molecule has 0 aliphatic heterocycles. The van der Waals surface area contributed by atoms with E-state index in [1.54, 1.807) is 13.1 Å². The van der Waals surface area contributed by atoms with E-state index < -0.39 is 0 Å². The first-order valence-electron chi connectivity index (χ1n) is 8.59. The number of nitrogens with one attached hydrogen (secondary N) is 3. The van der Waals surface area contributed by atoms with Crippen LogP contribution >= 0.6 is 0 Å². The van der Waals surface area contributed by atoms with Crippen molar-refractivity contribution < 1.29 is 14.3 Å². The molecule has 1 aromatic heterocycles. The molecule has 0 spiro atoms. The Morgan fingerprint density at radius 1 is 1.24 bits per heavy atom. The predicted molar refractivity (Wildman–Crippen MR) is 94.7 cm³/mol. The highest BCUT2D eigenvalue weighted by Crippen LogP contribution is 2.44. The summed E-state index contributed by atoms with van der Waals surface area (Å²) in [4.78, 5) is 27.2. The maximum Gasteiger partial charge on any atom is 0.271 e. The molecule has 2 aromatic rings. The summed E-state index contributed by atoms with van der Waals surface area (Å²) in [6, 6.07) is 11.6. The van der Waals surface area contributed by atoms with Crippen molar-refractivity contribution in [2.24, 2.45) is 5.92 Å². The number of benzene rings is 1. The van der Waals surface area contributed by atoms with Gasteiger partial charge in [0.2, 0.25) is 0 Å².